The molecule has 1 unspecified atom stereocenters. The number of rotatable bonds is 7. The normalized spacial score (nSPS) is 17.5. The van der Waals surface area contributed by atoms with E-state index < -0.39 is 5.60 Å². The highest BCUT2D eigenvalue weighted by Crippen LogP contribution is 2.34. The summed E-state index contributed by atoms with van der Waals surface area (Å²) < 4.78 is 13.3. The highest BCUT2D eigenvalue weighted by atomic mass is 16.6. The van der Waals surface area contributed by atoms with Crippen molar-refractivity contribution in [1.29, 1.82) is 0 Å². The van der Waals surface area contributed by atoms with Gasteiger partial charge in [0.05, 0.1) is 6.10 Å². The highest BCUT2D eigenvalue weighted by Gasteiger charge is 2.28. The van der Waals surface area contributed by atoms with Crippen LogP contribution in [-0.4, -0.2) is 55.8 Å². The van der Waals surface area contributed by atoms with E-state index in [4.69, 9.17) is 14.5 Å². The number of amides is 1. The molecule has 42 heavy (non-hydrogen) atoms. The maximum absolute atomic E-state index is 13.8. The summed E-state index contributed by atoms with van der Waals surface area (Å²) in [4.78, 5) is 42.1. The second-order valence-electron chi connectivity index (χ2n) is 12.5. The lowest BCUT2D eigenvalue weighted by Crippen LogP contribution is -2.41. The van der Waals surface area contributed by atoms with Crippen LogP contribution in [0.1, 0.15) is 108 Å². The van der Waals surface area contributed by atoms with Gasteiger partial charge >= 0.3 is 6.09 Å². The summed E-state index contributed by atoms with van der Waals surface area (Å²) in [5, 5.41) is 4.11. The topological polar surface area (TPSA) is 111 Å². The minimum Gasteiger partial charge on any atom is -0.444 e. The molecular formula is C32H44N6O4. The van der Waals surface area contributed by atoms with Crippen LogP contribution in [0.4, 0.5) is 16.6 Å². The van der Waals surface area contributed by atoms with E-state index in [-0.39, 0.29) is 23.8 Å². The molecule has 0 aromatic carbocycles. The Morgan fingerprint density at radius 2 is 1.81 bits per heavy atom. The van der Waals surface area contributed by atoms with Gasteiger partial charge in [-0.3, -0.25) is 9.36 Å². The van der Waals surface area contributed by atoms with Crippen molar-refractivity contribution in [1.82, 2.24) is 24.4 Å². The van der Waals surface area contributed by atoms with Crippen LogP contribution < -0.4 is 10.9 Å². The highest BCUT2D eigenvalue weighted by molar-refractivity contribution is 5.81. The monoisotopic (exact) mass is 576 g/mol. The molecule has 3 aromatic heterocycles. The van der Waals surface area contributed by atoms with Gasteiger partial charge in [0.15, 0.2) is 0 Å². The number of aromatic nitrogens is 4. The van der Waals surface area contributed by atoms with Gasteiger partial charge in [-0.2, -0.15) is 4.98 Å². The number of hydrogen-bond donors (Lipinski definition) is 1. The molecule has 10 nitrogen and oxygen atoms in total. The van der Waals surface area contributed by atoms with Gasteiger partial charge in [-0.05, 0) is 90.3 Å². The number of pyridine rings is 2. The summed E-state index contributed by atoms with van der Waals surface area (Å²) in [6, 6.07) is 4.13. The van der Waals surface area contributed by atoms with Gasteiger partial charge < -0.3 is 19.7 Å². The van der Waals surface area contributed by atoms with Crippen molar-refractivity contribution in [2.24, 2.45) is 0 Å². The standard InChI is InChI=1S/C32H44N6O4/c1-7-41-21(3)27-20(2)25-19-34-30(36-28(25)38(29(27)39)24-10-8-9-11-24)35-26-13-12-23(18-33-26)22-14-16-37(17-15-22)31(40)42-32(4,5)6/h12-13,18-19,21-22,24H,7-11,14-17H2,1-6H3,(H,33,34,35,36). The molecule has 2 fully saturated rings. The van der Waals surface area contributed by atoms with Crippen molar-refractivity contribution in [2.45, 2.75) is 104 Å². The fraction of sp³-hybridized carbons (Fsp3) is 0.594. The maximum atomic E-state index is 13.8. The first-order chi connectivity index (χ1) is 20.1. The summed E-state index contributed by atoms with van der Waals surface area (Å²) in [6.07, 6.45) is 9.02. The number of carbonyl (C=O) groups excluding carboxylic acids is 1. The molecule has 2 aliphatic rings. The van der Waals surface area contributed by atoms with Crippen molar-refractivity contribution >= 4 is 28.9 Å². The zero-order valence-corrected chi connectivity index (χ0v) is 25.8. The number of aryl methyl sites for hydroxylation is 1. The Kier molecular flexibility index (Phi) is 8.82. The summed E-state index contributed by atoms with van der Waals surface area (Å²) in [5.41, 5.74) is 2.85. The number of ether oxygens (including phenoxy) is 2. The van der Waals surface area contributed by atoms with Crippen LogP contribution in [0.2, 0.25) is 0 Å². The molecule has 3 aromatic rings. The molecule has 0 radical (unpaired) electrons. The second kappa shape index (κ2) is 12.4. The summed E-state index contributed by atoms with van der Waals surface area (Å²) in [7, 11) is 0. The van der Waals surface area contributed by atoms with E-state index in [9.17, 15) is 9.59 Å². The smallest absolute Gasteiger partial charge is 0.410 e. The van der Waals surface area contributed by atoms with Crippen LogP contribution in [-0.2, 0) is 9.47 Å². The molecule has 10 heteroatoms. The Morgan fingerprint density at radius 3 is 2.43 bits per heavy atom. The molecule has 1 saturated carbocycles. The Bertz CT molecular complexity index is 1470. The number of piperidine rings is 1. The molecular weight excluding hydrogens is 532 g/mol. The molecule has 1 N–H and O–H groups in total. The molecule has 4 heterocycles. The van der Waals surface area contributed by atoms with Crippen LogP contribution in [0.5, 0.6) is 0 Å². The van der Waals surface area contributed by atoms with Crippen molar-refractivity contribution < 1.29 is 14.3 Å². The first-order valence-electron chi connectivity index (χ1n) is 15.3. The third-order valence-electron chi connectivity index (χ3n) is 8.41. The van der Waals surface area contributed by atoms with Gasteiger partial charge in [0.2, 0.25) is 5.95 Å². The SMILES string of the molecule is CCOC(C)c1c(C)c2cnc(Nc3ccc(C4CCN(C(=O)OC(C)(C)C)CC4)cn3)nc2n(C2CCCC2)c1=O. The Hall–Kier alpha value is -3.53. The molecule has 0 bridgehead atoms. The van der Waals surface area contributed by atoms with Gasteiger partial charge in [-0.1, -0.05) is 18.9 Å². The summed E-state index contributed by atoms with van der Waals surface area (Å²) in [6.45, 7) is 13.4. The first kappa shape index (κ1) is 29.9. The van der Waals surface area contributed by atoms with Gasteiger partial charge in [0, 0.05) is 49.1 Å². The van der Waals surface area contributed by atoms with E-state index in [0.29, 0.717) is 48.6 Å². The molecule has 226 valence electrons. The lowest BCUT2D eigenvalue weighted by molar-refractivity contribution is 0.0204. The van der Waals surface area contributed by atoms with Gasteiger partial charge in [-0.25, -0.2) is 14.8 Å². The molecule has 1 aliphatic carbocycles. The molecule has 1 saturated heterocycles. The maximum Gasteiger partial charge on any atom is 0.410 e. The van der Waals surface area contributed by atoms with Gasteiger partial charge in [0.1, 0.15) is 17.1 Å². The van der Waals surface area contributed by atoms with Gasteiger partial charge in [0.25, 0.3) is 5.56 Å². The average molecular weight is 577 g/mol. The number of hydrogen-bond acceptors (Lipinski definition) is 8. The van der Waals surface area contributed by atoms with Crippen LogP contribution in [0.25, 0.3) is 11.0 Å². The fourth-order valence-corrected chi connectivity index (χ4v) is 6.28. The van der Waals surface area contributed by atoms with E-state index in [0.717, 1.165) is 55.0 Å². The van der Waals surface area contributed by atoms with Crippen molar-refractivity contribution in [3.05, 3.63) is 51.6 Å². The van der Waals surface area contributed by atoms with Crippen LogP contribution >= 0.6 is 0 Å². The Labute approximate surface area is 247 Å². The molecule has 1 atom stereocenters. The average Bonchev–Trinajstić information content (AvgIpc) is 3.47. The largest absolute Gasteiger partial charge is 0.444 e. The molecule has 5 rings (SSSR count). The van der Waals surface area contributed by atoms with E-state index >= 15 is 0 Å². The quantitative estimate of drug-likeness (QED) is 0.336. The fourth-order valence-electron chi connectivity index (χ4n) is 6.28. The lowest BCUT2D eigenvalue weighted by Gasteiger charge is -2.33. The van der Waals surface area contributed by atoms with E-state index in [1.165, 1.54) is 0 Å². The predicted octanol–water partition coefficient (Wildman–Crippen LogP) is 6.57. The van der Waals surface area contributed by atoms with Crippen LogP contribution in [0, 0.1) is 6.92 Å². The molecule has 1 amide bonds. The van der Waals surface area contributed by atoms with E-state index in [2.05, 4.69) is 21.4 Å². The number of nitrogens with zero attached hydrogens (tertiary/aromatic N) is 5. The van der Waals surface area contributed by atoms with Gasteiger partial charge in [-0.15, -0.1) is 0 Å². The summed E-state index contributed by atoms with van der Waals surface area (Å²) >= 11 is 0. The molecule has 1 aliphatic heterocycles. The number of nitrogens with one attached hydrogen (secondary N) is 1. The first-order valence-corrected chi connectivity index (χ1v) is 15.3. The summed E-state index contributed by atoms with van der Waals surface area (Å²) in [5.74, 6) is 1.38. The Morgan fingerprint density at radius 1 is 1.10 bits per heavy atom. The predicted molar refractivity (Wildman–Crippen MR) is 163 cm³/mol. The van der Waals surface area contributed by atoms with E-state index in [1.807, 2.05) is 58.4 Å². The van der Waals surface area contributed by atoms with Crippen LogP contribution in [0.3, 0.4) is 0 Å². The number of anilines is 2. The second-order valence-corrected chi connectivity index (χ2v) is 12.5. The molecule has 0 spiro atoms. The zero-order chi connectivity index (χ0) is 30.0. The third kappa shape index (κ3) is 6.43. The number of likely N-dealkylation sites (tertiary alicyclic amines) is 1. The number of fused-ring (bicyclic) bond motifs is 1. The van der Waals surface area contributed by atoms with Crippen molar-refractivity contribution in [3.8, 4) is 0 Å². The Balaban J connectivity index is 1.34. The van der Waals surface area contributed by atoms with Crippen molar-refractivity contribution in [2.75, 3.05) is 25.0 Å². The minimum absolute atomic E-state index is 0.0160. The number of carbonyl (C=O) groups is 1. The minimum atomic E-state index is -0.493. The third-order valence-corrected chi connectivity index (χ3v) is 8.41. The zero-order valence-electron chi connectivity index (χ0n) is 25.8. The van der Waals surface area contributed by atoms with Crippen LogP contribution in [0.15, 0.2) is 29.3 Å². The lowest BCUT2D eigenvalue weighted by atomic mass is 9.90. The van der Waals surface area contributed by atoms with E-state index in [1.54, 1.807) is 11.1 Å². The van der Waals surface area contributed by atoms with Crippen molar-refractivity contribution in [3.63, 3.8) is 0 Å².